The maximum atomic E-state index is 2.42. The average molecular weight is 690 g/mol. The fraction of sp³-hybridized carbons (Fsp3) is 0. The second-order valence-corrected chi connectivity index (χ2v) is 14.9. The van der Waals surface area contributed by atoms with Crippen LogP contribution in [0.4, 0.5) is 17.1 Å². The van der Waals surface area contributed by atoms with Gasteiger partial charge in [0.15, 0.2) is 0 Å². The summed E-state index contributed by atoms with van der Waals surface area (Å²) in [6.07, 6.45) is 0. The number of para-hydroxylation sites is 2. The molecule has 49 heavy (non-hydrogen) atoms. The Hall–Kier alpha value is -5.86. The molecule has 0 aliphatic heterocycles. The summed E-state index contributed by atoms with van der Waals surface area (Å²) in [5, 5.41) is 7.76. The first-order valence-electron chi connectivity index (χ1n) is 16.7. The van der Waals surface area contributed by atoms with Crippen molar-refractivity contribution in [3.63, 3.8) is 0 Å². The Morgan fingerprint density at radius 1 is 0.388 bits per heavy atom. The predicted octanol–water partition coefficient (Wildman–Crippen LogP) is 12.4. The van der Waals surface area contributed by atoms with Crippen LogP contribution in [0.2, 0.25) is 0 Å². The van der Waals surface area contributed by atoms with Crippen molar-refractivity contribution in [3.05, 3.63) is 182 Å². The molecule has 0 unspecified atom stereocenters. The molecule has 0 N–H and O–H groups in total. The summed E-state index contributed by atoms with van der Waals surface area (Å²) in [5.41, 5.74) is 9.44. The first kappa shape index (κ1) is 28.2. The zero-order chi connectivity index (χ0) is 32.3. The minimum absolute atomic E-state index is 0.324. The van der Waals surface area contributed by atoms with Crippen LogP contribution in [0.1, 0.15) is 0 Å². The first-order valence-corrected chi connectivity index (χ1v) is 18.4. The van der Waals surface area contributed by atoms with Gasteiger partial charge in [-0.05, 0) is 0 Å². The summed E-state index contributed by atoms with van der Waals surface area (Å²) in [4.78, 5) is 2.42. The molecule has 2 nitrogen and oxygen atoms in total. The Kier molecular flexibility index (Phi) is 6.55. The Morgan fingerprint density at radius 2 is 1.02 bits per heavy atom. The van der Waals surface area contributed by atoms with Gasteiger partial charge in [-0.25, -0.2) is 0 Å². The third kappa shape index (κ3) is 4.63. The van der Waals surface area contributed by atoms with Crippen molar-refractivity contribution in [1.29, 1.82) is 0 Å². The van der Waals surface area contributed by atoms with E-state index in [0.717, 1.165) is 22.7 Å². The molecule has 0 fully saturated rings. The molecular formula is C46H30N2Se. The van der Waals surface area contributed by atoms with Crippen LogP contribution in [0, 0.1) is 0 Å². The Bertz CT molecular complexity index is 2820. The molecule has 8 aromatic carbocycles. The van der Waals surface area contributed by atoms with E-state index in [-0.39, 0.29) is 0 Å². The van der Waals surface area contributed by atoms with Gasteiger partial charge in [-0.3, -0.25) is 0 Å². The summed E-state index contributed by atoms with van der Waals surface area (Å²) in [6, 6.07) is 66.7. The number of benzene rings is 8. The number of nitrogens with zero attached hydrogens (tertiary/aromatic N) is 2. The van der Waals surface area contributed by atoms with Crippen LogP contribution in [0.5, 0.6) is 0 Å². The van der Waals surface area contributed by atoms with Crippen molar-refractivity contribution < 1.29 is 0 Å². The zero-order valence-corrected chi connectivity index (χ0v) is 28.3. The van der Waals surface area contributed by atoms with Gasteiger partial charge < -0.3 is 0 Å². The van der Waals surface area contributed by atoms with Gasteiger partial charge >= 0.3 is 261 Å². The molecule has 0 bridgehead atoms. The Morgan fingerprint density at radius 3 is 1.90 bits per heavy atom. The molecule has 10 aromatic rings. The number of rotatable bonds is 5. The zero-order valence-electron chi connectivity index (χ0n) is 26.6. The van der Waals surface area contributed by atoms with Crippen LogP contribution in [0.15, 0.2) is 182 Å². The average Bonchev–Trinajstić information content (AvgIpc) is 3.70. The van der Waals surface area contributed by atoms with E-state index in [0.29, 0.717) is 14.5 Å². The van der Waals surface area contributed by atoms with Crippen LogP contribution in [-0.2, 0) is 0 Å². The van der Waals surface area contributed by atoms with Crippen molar-refractivity contribution in [1.82, 2.24) is 4.57 Å². The Labute approximate surface area is 290 Å². The second kappa shape index (κ2) is 11.4. The van der Waals surface area contributed by atoms with E-state index < -0.39 is 0 Å². The number of hydrogen-bond acceptors (Lipinski definition) is 1. The number of anilines is 3. The monoisotopic (exact) mass is 690 g/mol. The quantitative estimate of drug-likeness (QED) is 0.163. The van der Waals surface area contributed by atoms with Gasteiger partial charge in [-0.1, -0.05) is 30.3 Å². The number of hydrogen-bond donors (Lipinski definition) is 0. The van der Waals surface area contributed by atoms with Crippen molar-refractivity contribution in [2.75, 3.05) is 4.90 Å². The molecule has 0 atom stereocenters. The first-order chi connectivity index (χ1) is 24.3. The third-order valence-electron chi connectivity index (χ3n) is 9.77. The minimum atomic E-state index is 0.324. The molecule has 0 amide bonds. The van der Waals surface area contributed by atoms with E-state index in [9.17, 15) is 0 Å². The summed E-state index contributed by atoms with van der Waals surface area (Å²) >= 11 is 0.324. The van der Waals surface area contributed by atoms with Crippen LogP contribution in [0.25, 0.3) is 68.7 Å². The maximum absolute atomic E-state index is 2.42. The van der Waals surface area contributed by atoms with Crippen LogP contribution >= 0.6 is 0 Å². The topological polar surface area (TPSA) is 8.17 Å². The molecule has 10 rings (SSSR count). The van der Waals surface area contributed by atoms with Crippen LogP contribution < -0.4 is 4.90 Å². The van der Waals surface area contributed by atoms with Gasteiger partial charge in [0.1, 0.15) is 0 Å². The summed E-state index contributed by atoms with van der Waals surface area (Å²) in [6.45, 7) is 0. The molecule has 0 radical (unpaired) electrons. The summed E-state index contributed by atoms with van der Waals surface area (Å²) in [7, 11) is 0. The van der Waals surface area contributed by atoms with Gasteiger partial charge in [0.25, 0.3) is 0 Å². The van der Waals surface area contributed by atoms with Crippen molar-refractivity contribution in [3.8, 4) is 16.8 Å². The van der Waals surface area contributed by atoms with Gasteiger partial charge in [0.2, 0.25) is 0 Å². The SMILES string of the molecule is c1ccc(-n2c3ccccc3c3ccc(N(c4ccc(-c5cccc6ccccc56)cc4)c4ccc5[se]c6ccccc6c5c4)cc32)cc1. The van der Waals surface area contributed by atoms with Crippen LogP contribution in [0.3, 0.4) is 0 Å². The molecule has 0 saturated heterocycles. The van der Waals surface area contributed by atoms with E-state index in [1.54, 1.807) is 0 Å². The third-order valence-corrected chi connectivity index (χ3v) is 12.2. The van der Waals surface area contributed by atoms with Crippen molar-refractivity contribution in [2.45, 2.75) is 0 Å². The van der Waals surface area contributed by atoms with Crippen molar-refractivity contribution >= 4 is 83.4 Å². The van der Waals surface area contributed by atoms with E-state index >= 15 is 0 Å². The van der Waals surface area contributed by atoms with Gasteiger partial charge in [0.05, 0.1) is 0 Å². The predicted molar refractivity (Wildman–Crippen MR) is 210 cm³/mol. The number of fused-ring (bicyclic) bond motifs is 7. The Balaban J connectivity index is 1.19. The molecule has 2 aromatic heterocycles. The van der Waals surface area contributed by atoms with Crippen LogP contribution in [-0.4, -0.2) is 19.1 Å². The molecule has 2 heterocycles. The fourth-order valence-corrected chi connectivity index (χ4v) is 9.80. The number of aromatic nitrogens is 1. The summed E-state index contributed by atoms with van der Waals surface area (Å²) in [5.74, 6) is 0. The summed E-state index contributed by atoms with van der Waals surface area (Å²) < 4.78 is 5.31. The van der Waals surface area contributed by atoms with E-state index in [1.165, 1.54) is 63.0 Å². The second-order valence-electron chi connectivity index (χ2n) is 12.6. The van der Waals surface area contributed by atoms with Gasteiger partial charge in [-0.2, -0.15) is 0 Å². The molecule has 0 aliphatic carbocycles. The fourth-order valence-electron chi connectivity index (χ4n) is 7.52. The van der Waals surface area contributed by atoms with E-state index in [1.807, 2.05) is 0 Å². The molecule has 3 heteroatoms. The normalized spacial score (nSPS) is 11.7. The molecule has 0 saturated carbocycles. The van der Waals surface area contributed by atoms with E-state index in [4.69, 9.17) is 0 Å². The molecular weight excluding hydrogens is 659 g/mol. The van der Waals surface area contributed by atoms with Gasteiger partial charge in [0, 0.05) is 0 Å². The molecule has 0 spiro atoms. The standard InChI is InChI=1S/C46H30N2Se/c1-2-13-33(14-3-1)48-43-19-8-6-16-39(43)40-27-25-36(30-44(40)48)47(35-26-28-46-42(29-35)41-17-7-9-20-45(41)49-46)34-23-21-32(22-24-34)38-18-10-12-31-11-4-5-15-37(31)38/h1-30H. The van der Waals surface area contributed by atoms with Gasteiger partial charge in [-0.15, -0.1) is 0 Å². The van der Waals surface area contributed by atoms with Crippen molar-refractivity contribution in [2.24, 2.45) is 0 Å². The molecule has 0 aliphatic rings. The molecule has 230 valence electrons. The van der Waals surface area contributed by atoms with E-state index in [2.05, 4.69) is 191 Å².